The van der Waals surface area contributed by atoms with Crippen LogP contribution in [0.15, 0.2) is 54.9 Å². The Hall–Kier alpha value is -3.56. The minimum absolute atomic E-state index is 0.280. The standard InChI is InChI=1S/C24H23ClN4O4S/c1-3-18(15-7-5-6-8-16(15)25)33-19-12-20(34-22(19)23(26)30)17-13-27-21-11-14(9-10-29(17)21)28-24(31)32-4-2/h5-13,18H,3-4H2,1-2H3,(H2,26,30)(H,28,31)/t18-/m0/s1. The van der Waals surface area contributed by atoms with Crippen molar-refractivity contribution in [1.29, 1.82) is 0 Å². The molecule has 3 N–H and O–H groups in total. The Kier molecular flexibility index (Phi) is 7.04. The number of ether oxygens (including phenoxy) is 2. The molecular formula is C24H23ClN4O4S. The van der Waals surface area contributed by atoms with Crippen LogP contribution in [0.4, 0.5) is 10.5 Å². The highest BCUT2D eigenvalue weighted by Gasteiger charge is 2.22. The van der Waals surface area contributed by atoms with Crippen LogP contribution in [-0.2, 0) is 4.74 Å². The summed E-state index contributed by atoms with van der Waals surface area (Å²) in [5.41, 5.74) is 8.43. The predicted octanol–water partition coefficient (Wildman–Crippen LogP) is 5.91. The van der Waals surface area contributed by atoms with Crippen molar-refractivity contribution >= 4 is 46.3 Å². The molecule has 34 heavy (non-hydrogen) atoms. The maximum absolute atomic E-state index is 12.2. The molecule has 3 heterocycles. The first-order valence-electron chi connectivity index (χ1n) is 10.7. The molecular weight excluding hydrogens is 476 g/mol. The normalized spacial score (nSPS) is 11.9. The number of fused-ring (bicyclic) bond motifs is 1. The molecule has 8 nitrogen and oxygen atoms in total. The number of nitrogens with one attached hydrogen (secondary N) is 1. The molecule has 10 heteroatoms. The van der Waals surface area contributed by atoms with E-state index < -0.39 is 12.0 Å². The monoisotopic (exact) mass is 498 g/mol. The zero-order valence-corrected chi connectivity index (χ0v) is 20.2. The van der Waals surface area contributed by atoms with Crippen molar-refractivity contribution in [1.82, 2.24) is 9.38 Å². The average molecular weight is 499 g/mol. The Morgan fingerprint density at radius 1 is 1.24 bits per heavy atom. The maximum atomic E-state index is 12.2. The molecule has 176 valence electrons. The summed E-state index contributed by atoms with van der Waals surface area (Å²) in [5.74, 6) is -0.176. The number of aromatic nitrogens is 2. The van der Waals surface area contributed by atoms with Gasteiger partial charge in [-0.3, -0.25) is 14.5 Å². The number of imidazole rings is 1. The van der Waals surface area contributed by atoms with Gasteiger partial charge in [-0.15, -0.1) is 11.3 Å². The minimum Gasteiger partial charge on any atom is -0.484 e. The summed E-state index contributed by atoms with van der Waals surface area (Å²) in [6, 6.07) is 12.7. The predicted molar refractivity (Wildman–Crippen MR) is 133 cm³/mol. The van der Waals surface area contributed by atoms with Crippen molar-refractivity contribution in [2.75, 3.05) is 11.9 Å². The van der Waals surface area contributed by atoms with Gasteiger partial charge in [0.2, 0.25) is 0 Å². The number of thiophene rings is 1. The lowest BCUT2D eigenvalue weighted by Gasteiger charge is -2.19. The number of carbonyl (C=O) groups excluding carboxylic acids is 2. The molecule has 0 spiro atoms. The van der Waals surface area contributed by atoms with Crippen LogP contribution in [0, 0.1) is 0 Å². The lowest BCUT2D eigenvalue weighted by Crippen LogP contribution is -2.13. The van der Waals surface area contributed by atoms with E-state index in [1.807, 2.05) is 29.5 Å². The Bertz CT molecular complexity index is 1350. The molecule has 4 rings (SSSR count). The Labute approximate surface area is 205 Å². The van der Waals surface area contributed by atoms with E-state index in [-0.39, 0.29) is 12.7 Å². The van der Waals surface area contributed by atoms with Gasteiger partial charge in [0, 0.05) is 34.6 Å². The number of primary amides is 1. The van der Waals surface area contributed by atoms with Crippen LogP contribution in [0.2, 0.25) is 5.02 Å². The number of anilines is 1. The molecule has 1 aromatic carbocycles. The molecule has 0 aliphatic carbocycles. The number of hydrogen-bond donors (Lipinski definition) is 2. The Morgan fingerprint density at radius 2 is 2.03 bits per heavy atom. The van der Waals surface area contributed by atoms with Gasteiger partial charge in [-0.1, -0.05) is 36.7 Å². The van der Waals surface area contributed by atoms with Gasteiger partial charge in [0.25, 0.3) is 5.91 Å². The first-order chi connectivity index (χ1) is 16.4. The summed E-state index contributed by atoms with van der Waals surface area (Å²) in [5, 5.41) is 3.25. The van der Waals surface area contributed by atoms with Crippen LogP contribution in [0.1, 0.15) is 41.6 Å². The van der Waals surface area contributed by atoms with Crippen LogP contribution in [-0.4, -0.2) is 28.0 Å². The average Bonchev–Trinajstić information content (AvgIpc) is 3.42. The number of nitrogens with two attached hydrogens (primary N) is 1. The van der Waals surface area contributed by atoms with Crippen LogP contribution in [0.25, 0.3) is 16.2 Å². The second kappa shape index (κ2) is 10.1. The first-order valence-corrected chi connectivity index (χ1v) is 11.9. The van der Waals surface area contributed by atoms with Gasteiger partial charge in [0.15, 0.2) is 0 Å². The summed E-state index contributed by atoms with van der Waals surface area (Å²) in [7, 11) is 0. The van der Waals surface area contributed by atoms with Gasteiger partial charge in [0.05, 0.1) is 23.4 Å². The maximum Gasteiger partial charge on any atom is 0.411 e. The summed E-state index contributed by atoms with van der Waals surface area (Å²) in [6.07, 6.45) is 3.25. The van der Waals surface area contributed by atoms with Crippen molar-refractivity contribution in [2.45, 2.75) is 26.4 Å². The summed E-state index contributed by atoms with van der Waals surface area (Å²) < 4.78 is 13.0. The van der Waals surface area contributed by atoms with Gasteiger partial charge in [-0.05, 0) is 25.5 Å². The fourth-order valence-corrected chi connectivity index (χ4v) is 4.75. The smallest absolute Gasteiger partial charge is 0.411 e. The van der Waals surface area contributed by atoms with E-state index in [2.05, 4.69) is 10.3 Å². The van der Waals surface area contributed by atoms with Crippen molar-refractivity contribution in [2.24, 2.45) is 5.73 Å². The van der Waals surface area contributed by atoms with Crippen LogP contribution in [0.5, 0.6) is 5.75 Å². The lowest BCUT2D eigenvalue weighted by atomic mass is 10.1. The molecule has 0 fully saturated rings. The third-order valence-electron chi connectivity index (χ3n) is 5.10. The van der Waals surface area contributed by atoms with E-state index >= 15 is 0 Å². The van der Waals surface area contributed by atoms with Crippen molar-refractivity contribution in [3.63, 3.8) is 0 Å². The molecule has 1 atom stereocenters. The molecule has 0 saturated heterocycles. The van der Waals surface area contributed by atoms with Gasteiger partial charge in [-0.2, -0.15) is 0 Å². The summed E-state index contributed by atoms with van der Waals surface area (Å²) in [4.78, 5) is 29.4. The summed E-state index contributed by atoms with van der Waals surface area (Å²) >= 11 is 7.60. The number of carbonyl (C=O) groups is 2. The van der Waals surface area contributed by atoms with E-state index in [1.54, 1.807) is 43.6 Å². The molecule has 3 aromatic heterocycles. The largest absolute Gasteiger partial charge is 0.484 e. The van der Waals surface area contributed by atoms with E-state index in [9.17, 15) is 9.59 Å². The van der Waals surface area contributed by atoms with Gasteiger partial charge >= 0.3 is 6.09 Å². The molecule has 2 amide bonds. The van der Waals surface area contributed by atoms with Crippen molar-refractivity contribution in [3.8, 4) is 16.3 Å². The molecule has 0 unspecified atom stereocenters. The van der Waals surface area contributed by atoms with E-state index in [0.717, 1.165) is 16.1 Å². The number of halogens is 1. The molecule has 0 radical (unpaired) electrons. The number of rotatable bonds is 8. The fraction of sp³-hybridized carbons (Fsp3) is 0.208. The van der Waals surface area contributed by atoms with E-state index in [1.165, 1.54) is 11.3 Å². The second-order valence-electron chi connectivity index (χ2n) is 7.34. The number of hydrogen-bond acceptors (Lipinski definition) is 6. The first kappa shape index (κ1) is 23.6. The highest BCUT2D eigenvalue weighted by Crippen LogP contribution is 2.39. The molecule has 4 aromatic rings. The third kappa shape index (κ3) is 4.85. The fourth-order valence-electron chi connectivity index (χ4n) is 3.54. The van der Waals surface area contributed by atoms with Crippen LogP contribution >= 0.6 is 22.9 Å². The zero-order chi connectivity index (χ0) is 24.2. The highest BCUT2D eigenvalue weighted by atomic mass is 35.5. The zero-order valence-electron chi connectivity index (χ0n) is 18.6. The van der Waals surface area contributed by atoms with Crippen LogP contribution < -0.4 is 15.8 Å². The third-order valence-corrected chi connectivity index (χ3v) is 6.60. The quantitative estimate of drug-likeness (QED) is 0.314. The van der Waals surface area contributed by atoms with E-state index in [4.69, 9.17) is 26.8 Å². The number of benzene rings is 1. The highest BCUT2D eigenvalue weighted by molar-refractivity contribution is 7.17. The Balaban J connectivity index is 1.66. The second-order valence-corrected chi connectivity index (χ2v) is 8.80. The minimum atomic E-state index is -0.574. The molecule has 0 saturated carbocycles. The number of nitrogens with zero attached hydrogens (tertiary/aromatic N) is 2. The van der Waals surface area contributed by atoms with Crippen molar-refractivity contribution in [3.05, 3.63) is 70.3 Å². The molecule has 0 aliphatic heterocycles. The van der Waals surface area contributed by atoms with Crippen molar-refractivity contribution < 1.29 is 19.1 Å². The van der Waals surface area contributed by atoms with E-state index in [0.29, 0.717) is 33.4 Å². The van der Waals surface area contributed by atoms with Gasteiger partial charge in [0.1, 0.15) is 22.4 Å². The lowest BCUT2D eigenvalue weighted by molar-refractivity contribution is 0.0997. The molecule has 0 bridgehead atoms. The van der Waals surface area contributed by atoms with Gasteiger partial charge in [-0.25, -0.2) is 9.78 Å². The molecule has 0 aliphatic rings. The topological polar surface area (TPSA) is 108 Å². The number of pyridine rings is 1. The van der Waals surface area contributed by atoms with Crippen LogP contribution in [0.3, 0.4) is 0 Å². The van der Waals surface area contributed by atoms with Gasteiger partial charge < -0.3 is 15.2 Å². The Morgan fingerprint density at radius 3 is 2.74 bits per heavy atom. The SMILES string of the molecule is CCOC(=O)Nc1ccn2c(-c3cc(O[C@@H](CC)c4ccccc4Cl)c(C(N)=O)s3)cnc2c1. The summed E-state index contributed by atoms with van der Waals surface area (Å²) in [6.45, 7) is 4.00. The number of amides is 2.